The molecule has 1 aromatic rings. The molecule has 1 rings (SSSR count). The number of carboxylic acids is 1. The van der Waals surface area contributed by atoms with Crippen molar-refractivity contribution in [1.82, 2.24) is 0 Å². The summed E-state index contributed by atoms with van der Waals surface area (Å²) in [6.07, 6.45) is 0. The van der Waals surface area contributed by atoms with E-state index in [9.17, 15) is 14.0 Å². The molecule has 6 heteroatoms. The van der Waals surface area contributed by atoms with E-state index in [1.165, 1.54) is 13.0 Å². The van der Waals surface area contributed by atoms with E-state index in [0.717, 1.165) is 13.2 Å². The first-order valence-corrected chi connectivity index (χ1v) is 4.75. The molecule has 1 unspecified atom stereocenters. The van der Waals surface area contributed by atoms with E-state index in [4.69, 9.17) is 10.8 Å². The van der Waals surface area contributed by atoms with Crippen LogP contribution in [0.25, 0.3) is 0 Å². The monoisotopic (exact) mass is 241 g/mol. The minimum atomic E-state index is -1.38. The van der Waals surface area contributed by atoms with Gasteiger partial charge < -0.3 is 15.6 Å². The Morgan fingerprint density at radius 3 is 2.53 bits per heavy atom. The summed E-state index contributed by atoms with van der Waals surface area (Å²) in [4.78, 5) is 22.0. The van der Waals surface area contributed by atoms with Crippen LogP contribution >= 0.6 is 0 Å². The topological polar surface area (TPSA) is 89.6 Å². The molecule has 3 N–H and O–H groups in total. The Bertz CT molecular complexity index is 473. The van der Waals surface area contributed by atoms with Gasteiger partial charge in [-0.15, -0.1) is 0 Å². The van der Waals surface area contributed by atoms with E-state index in [0.29, 0.717) is 0 Å². The van der Waals surface area contributed by atoms with Gasteiger partial charge in [-0.05, 0) is 30.2 Å². The van der Waals surface area contributed by atoms with E-state index in [-0.39, 0.29) is 16.7 Å². The summed E-state index contributed by atoms with van der Waals surface area (Å²) in [5, 5.41) is 8.72. The summed E-state index contributed by atoms with van der Waals surface area (Å²) < 4.78 is 18.0. The van der Waals surface area contributed by atoms with E-state index in [2.05, 4.69) is 4.74 Å². The normalized spacial score (nSPS) is 12.0. The zero-order valence-electron chi connectivity index (χ0n) is 9.36. The van der Waals surface area contributed by atoms with Crippen molar-refractivity contribution in [3.05, 3.63) is 34.6 Å². The number of rotatable bonds is 3. The predicted molar refractivity (Wildman–Crippen MR) is 57.0 cm³/mol. The first-order valence-electron chi connectivity index (χ1n) is 4.75. The maximum atomic E-state index is 13.5. The molecule has 0 aliphatic heterocycles. The first kappa shape index (κ1) is 13.1. The standard InChI is InChI=1S/C11H12FNO4/c1-5-7(11(16)17-2)3-6(4-8(5)12)9(13)10(14)15/h3-4,9H,13H2,1-2H3,(H,14,15). The number of carbonyl (C=O) groups is 2. The Balaban J connectivity index is 3.33. The van der Waals surface area contributed by atoms with Crippen LogP contribution in [0.4, 0.5) is 4.39 Å². The number of halogens is 1. The Morgan fingerprint density at radius 1 is 1.47 bits per heavy atom. The minimum Gasteiger partial charge on any atom is -0.480 e. The van der Waals surface area contributed by atoms with Crippen molar-refractivity contribution in [2.24, 2.45) is 5.73 Å². The van der Waals surface area contributed by atoms with Gasteiger partial charge in [-0.2, -0.15) is 0 Å². The van der Waals surface area contributed by atoms with Gasteiger partial charge in [0.15, 0.2) is 0 Å². The highest BCUT2D eigenvalue weighted by Gasteiger charge is 2.20. The highest BCUT2D eigenvalue weighted by atomic mass is 19.1. The number of hydrogen-bond acceptors (Lipinski definition) is 4. The van der Waals surface area contributed by atoms with Crippen molar-refractivity contribution in [3.63, 3.8) is 0 Å². The van der Waals surface area contributed by atoms with E-state index in [1.54, 1.807) is 0 Å². The molecule has 0 spiro atoms. The molecule has 1 aromatic carbocycles. The average Bonchev–Trinajstić information content (AvgIpc) is 2.30. The van der Waals surface area contributed by atoms with Crippen LogP contribution in [-0.4, -0.2) is 24.2 Å². The zero-order chi connectivity index (χ0) is 13.2. The highest BCUT2D eigenvalue weighted by molar-refractivity contribution is 5.91. The molecule has 1 atom stereocenters. The van der Waals surface area contributed by atoms with E-state index < -0.39 is 23.8 Å². The van der Waals surface area contributed by atoms with Crippen molar-refractivity contribution in [2.45, 2.75) is 13.0 Å². The number of benzene rings is 1. The Hall–Kier alpha value is -1.95. The predicted octanol–water partition coefficient (Wildman–Crippen LogP) is 1.01. The molecule has 0 radical (unpaired) electrons. The lowest BCUT2D eigenvalue weighted by Crippen LogP contribution is -2.21. The number of carboxylic acid groups (broad SMARTS) is 1. The number of carbonyl (C=O) groups excluding carboxylic acids is 1. The Kier molecular flexibility index (Phi) is 3.80. The van der Waals surface area contributed by atoms with Gasteiger partial charge in [0.2, 0.25) is 0 Å². The largest absolute Gasteiger partial charge is 0.480 e. The van der Waals surface area contributed by atoms with Gasteiger partial charge in [0.05, 0.1) is 12.7 Å². The molecule has 0 heterocycles. The summed E-state index contributed by atoms with van der Waals surface area (Å²) in [7, 11) is 1.16. The van der Waals surface area contributed by atoms with Crippen LogP contribution in [0.5, 0.6) is 0 Å². The van der Waals surface area contributed by atoms with Gasteiger partial charge in [0.25, 0.3) is 0 Å². The van der Waals surface area contributed by atoms with Crippen molar-refractivity contribution < 1.29 is 23.8 Å². The summed E-state index contributed by atoms with van der Waals surface area (Å²) >= 11 is 0. The fraction of sp³-hybridized carbons (Fsp3) is 0.273. The van der Waals surface area contributed by atoms with Crippen LogP contribution in [0, 0.1) is 12.7 Å². The van der Waals surface area contributed by atoms with Gasteiger partial charge in [-0.3, -0.25) is 4.79 Å². The van der Waals surface area contributed by atoms with E-state index in [1.807, 2.05) is 0 Å². The second kappa shape index (κ2) is 4.92. The third-order valence-electron chi connectivity index (χ3n) is 2.40. The van der Waals surface area contributed by atoms with Crippen LogP contribution < -0.4 is 5.73 Å². The Morgan fingerprint density at radius 2 is 2.06 bits per heavy atom. The second-order valence-corrected chi connectivity index (χ2v) is 3.48. The van der Waals surface area contributed by atoms with Crippen LogP contribution in [0.2, 0.25) is 0 Å². The minimum absolute atomic E-state index is 0.0148. The van der Waals surface area contributed by atoms with Crippen molar-refractivity contribution in [3.8, 4) is 0 Å². The van der Waals surface area contributed by atoms with Gasteiger partial charge in [0.1, 0.15) is 11.9 Å². The quantitative estimate of drug-likeness (QED) is 0.770. The molecule has 0 amide bonds. The first-order chi connectivity index (χ1) is 7.88. The SMILES string of the molecule is COC(=O)c1cc(C(N)C(=O)O)cc(F)c1C. The molecular formula is C11H12FNO4. The maximum Gasteiger partial charge on any atom is 0.338 e. The fourth-order valence-corrected chi connectivity index (χ4v) is 1.34. The zero-order valence-corrected chi connectivity index (χ0v) is 9.36. The maximum absolute atomic E-state index is 13.5. The summed E-state index contributed by atoms with van der Waals surface area (Å²) in [6.45, 7) is 1.40. The molecule has 0 aliphatic carbocycles. The van der Waals surface area contributed by atoms with Crippen LogP contribution in [0.3, 0.4) is 0 Å². The van der Waals surface area contributed by atoms with Crippen molar-refractivity contribution >= 4 is 11.9 Å². The van der Waals surface area contributed by atoms with Gasteiger partial charge in [0, 0.05) is 0 Å². The lowest BCUT2D eigenvalue weighted by molar-refractivity contribution is -0.138. The molecule has 0 saturated carbocycles. The van der Waals surface area contributed by atoms with Gasteiger partial charge in [-0.25, -0.2) is 9.18 Å². The number of hydrogen-bond donors (Lipinski definition) is 2. The molecule has 0 bridgehead atoms. The number of esters is 1. The molecule has 0 fully saturated rings. The lowest BCUT2D eigenvalue weighted by Gasteiger charge is -2.11. The fourth-order valence-electron chi connectivity index (χ4n) is 1.34. The number of nitrogens with two attached hydrogens (primary N) is 1. The number of aliphatic carboxylic acids is 1. The second-order valence-electron chi connectivity index (χ2n) is 3.48. The third kappa shape index (κ3) is 2.59. The number of methoxy groups -OCH3 is 1. The summed E-state index contributed by atoms with van der Waals surface area (Å²) in [5.74, 6) is -2.73. The molecule has 17 heavy (non-hydrogen) atoms. The molecule has 92 valence electrons. The van der Waals surface area contributed by atoms with Gasteiger partial charge in [-0.1, -0.05) is 0 Å². The van der Waals surface area contributed by atoms with Gasteiger partial charge >= 0.3 is 11.9 Å². The molecule has 5 nitrogen and oxygen atoms in total. The van der Waals surface area contributed by atoms with Crippen molar-refractivity contribution in [2.75, 3.05) is 7.11 Å². The van der Waals surface area contributed by atoms with Crippen LogP contribution in [0.15, 0.2) is 12.1 Å². The Labute approximate surface area is 97.0 Å². The average molecular weight is 241 g/mol. The van der Waals surface area contributed by atoms with Crippen LogP contribution in [0.1, 0.15) is 27.5 Å². The molecule has 0 aliphatic rings. The third-order valence-corrected chi connectivity index (χ3v) is 2.40. The highest BCUT2D eigenvalue weighted by Crippen LogP contribution is 2.20. The molecular weight excluding hydrogens is 229 g/mol. The smallest absolute Gasteiger partial charge is 0.338 e. The summed E-state index contributed by atoms with van der Waals surface area (Å²) in [6, 6.07) is 0.845. The molecule has 0 aromatic heterocycles. The summed E-state index contributed by atoms with van der Waals surface area (Å²) in [5.41, 5.74) is 5.43. The molecule has 0 saturated heterocycles. The van der Waals surface area contributed by atoms with E-state index >= 15 is 0 Å². The van der Waals surface area contributed by atoms with Crippen molar-refractivity contribution in [1.29, 1.82) is 0 Å². The number of ether oxygens (including phenoxy) is 1. The lowest BCUT2D eigenvalue weighted by atomic mass is 10.00. The van der Waals surface area contributed by atoms with Crippen LogP contribution in [-0.2, 0) is 9.53 Å².